The zero-order chi connectivity index (χ0) is 20.6. The van der Waals surface area contributed by atoms with Crippen LogP contribution in [0.2, 0.25) is 0 Å². The predicted octanol–water partition coefficient (Wildman–Crippen LogP) is 4.20. The lowest BCUT2D eigenvalue weighted by Gasteiger charge is -2.30. The molecular weight excluding hydrogens is 375 g/mol. The van der Waals surface area contributed by atoms with Crippen molar-refractivity contribution in [3.63, 3.8) is 0 Å². The molecule has 0 saturated heterocycles. The number of hydrogen-bond donors (Lipinski definition) is 2. The Kier molecular flexibility index (Phi) is 4.60. The first-order valence-electron chi connectivity index (χ1n) is 8.91. The van der Waals surface area contributed by atoms with Gasteiger partial charge < -0.3 is 14.7 Å². The zero-order valence-electron chi connectivity index (χ0n) is 15.5. The molecule has 0 spiro atoms. The number of aromatic nitrogens is 2. The van der Waals surface area contributed by atoms with Crippen molar-refractivity contribution in [3.8, 4) is 11.4 Å². The maximum absolute atomic E-state index is 13.9. The van der Waals surface area contributed by atoms with Gasteiger partial charge in [-0.05, 0) is 36.3 Å². The van der Waals surface area contributed by atoms with E-state index in [1.165, 1.54) is 6.07 Å². The second-order valence-electron chi connectivity index (χ2n) is 7.01. The number of nitrogens with zero attached hydrogens (tertiary/aromatic N) is 2. The molecule has 6 nitrogen and oxygen atoms in total. The monoisotopic (exact) mass is 392 g/mol. The highest BCUT2D eigenvalue weighted by Crippen LogP contribution is 2.39. The minimum absolute atomic E-state index is 0.134. The van der Waals surface area contributed by atoms with Crippen molar-refractivity contribution in [1.29, 1.82) is 0 Å². The Hall–Kier alpha value is -3.58. The van der Waals surface area contributed by atoms with Crippen molar-refractivity contribution in [1.82, 2.24) is 10.1 Å². The van der Waals surface area contributed by atoms with E-state index in [1.807, 2.05) is 42.5 Å². The third-order valence-electron chi connectivity index (χ3n) is 4.81. The highest BCUT2D eigenvalue weighted by molar-refractivity contribution is 5.88. The molecule has 4 rings (SSSR count). The fourth-order valence-corrected chi connectivity index (χ4v) is 3.36. The van der Waals surface area contributed by atoms with Gasteiger partial charge in [-0.1, -0.05) is 47.6 Å². The summed E-state index contributed by atoms with van der Waals surface area (Å²) in [5.41, 5.74) is 1.10. The van der Waals surface area contributed by atoms with Crippen LogP contribution in [0, 0.1) is 5.82 Å². The standard InChI is InChI=1S/C22H17FN2O4/c1-22(28)12-15(8-10-17(22)13-5-3-2-4-6-13)20-24-19(25-29-20)14-7-9-16(21(26)27)18(23)11-14/h2-11,28H,12H2,1H3,(H,26,27)/t22-/m1/s1. The molecule has 7 heteroatoms. The van der Waals surface area contributed by atoms with Gasteiger partial charge in [-0.3, -0.25) is 0 Å². The number of hydrogen-bond acceptors (Lipinski definition) is 5. The molecule has 0 amide bonds. The number of carboxylic acid groups (broad SMARTS) is 1. The Morgan fingerprint density at radius 1 is 1.14 bits per heavy atom. The van der Waals surface area contributed by atoms with Crippen LogP contribution in [0.5, 0.6) is 0 Å². The number of benzene rings is 2. The quantitative estimate of drug-likeness (QED) is 0.691. The zero-order valence-corrected chi connectivity index (χ0v) is 15.5. The first-order valence-corrected chi connectivity index (χ1v) is 8.91. The van der Waals surface area contributed by atoms with Crippen LogP contribution in [0.1, 0.15) is 35.2 Å². The molecule has 1 heterocycles. The SMILES string of the molecule is C[C@@]1(O)CC(c2nc(-c3ccc(C(=O)O)c(F)c3)no2)=CC=C1c1ccccc1. The Labute approximate surface area is 165 Å². The molecule has 0 fully saturated rings. The lowest BCUT2D eigenvalue weighted by molar-refractivity contribution is 0.0692. The Bertz CT molecular complexity index is 1150. The van der Waals surface area contributed by atoms with Crippen molar-refractivity contribution in [3.05, 3.63) is 83.5 Å². The number of rotatable bonds is 4. The summed E-state index contributed by atoms with van der Waals surface area (Å²) in [6.07, 6.45) is 3.90. The van der Waals surface area contributed by atoms with Crippen molar-refractivity contribution < 1.29 is 23.9 Å². The number of allylic oxidation sites excluding steroid dienone is 2. The molecule has 0 radical (unpaired) electrons. The van der Waals surface area contributed by atoms with Gasteiger partial charge in [0, 0.05) is 17.6 Å². The van der Waals surface area contributed by atoms with Gasteiger partial charge in [0.1, 0.15) is 5.82 Å². The maximum Gasteiger partial charge on any atom is 0.338 e. The number of carboxylic acids is 1. The Morgan fingerprint density at radius 2 is 1.90 bits per heavy atom. The van der Waals surface area contributed by atoms with Crippen molar-refractivity contribution in [2.24, 2.45) is 0 Å². The topological polar surface area (TPSA) is 96.5 Å². The van der Waals surface area contributed by atoms with Crippen LogP contribution in [-0.2, 0) is 0 Å². The molecule has 1 aromatic heterocycles. The molecule has 146 valence electrons. The molecule has 0 unspecified atom stereocenters. The van der Waals surface area contributed by atoms with Crippen LogP contribution in [0.3, 0.4) is 0 Å². The first kappa shape index (κ1) is 18.8. The van der Waals surface area contributed by atoms with E-state index in [0.29, 0.717) is 11.1 Å². The van der Waals surface area contributed by atoms with Gasteiger partial charge >= 0.3 is 5.97 Å². The maximum atomic E-state index is 13.9. The minimum atomic E-state index is -1.35. The fraction of sp³-hybridized carbons (Fsp3) is 0.136. The molecule has 0 bridgehead atoms. The summed E-state index contributed by atoms with van der Waals surface area (Å²) in [6.45, 7) is 1.72. The third-order valence-corrected chi connectivity index (χ3v) is 4.81. The van der Waals surface area contributed by atoms with Gasteiger partial charge in [-0.15, -0.1) is 0 Å². The van der Waals surface area contributed by atoms with E-state index in [-0.39, 0.29) is 18.1 Å². The smallest absolute Gasteiger partial charge is 0.338 e. The van der Waals surface area contributed by atoms with E-state index in [0.717, 1.165) is 23.3 Å². The van der Waals surface area contributed by atoms with Gasteiger partial charge in [-0.25, -0.2) is 9.18 Å². The van der Waals surface area contributed by atoms with Crippen LogP contribution in [-0.4, -0.2) is 31.9 Å². The van der Waals surface area contributed by atoms with Gasteiger partial charge in [0.2, 0.25) is 5.82 Å². The molecule has 3 aromatic rings. The average Bonchev–Trinajstić information content (AvgIpc) is 3.18. The van der Waals surface area contributed by atoms with Crippen LogP contribution in [0.4, 0.5) is 4.39 Å². The summed E-state index contributed by atoms with van der Waals surface area (Å²) in [4.78, 5) is 15.2. The lowest BCUT2D eigenvalue weighted by Crippen LogP contribution is -2.28. The largest absolute Gasteiger partial charge is 0.478 e. The minimum Gasteiger partial charge on any atom is -0.478 e. The molecule has 2 aromatic carbocycles. The van der Waals surface area contributed by atoms with Crippen molar-refractivity contribution >= 4 is 17.1 Å². The van der Waals surface area contributed by atoms with Gasteiger partial charge in [0.05, 0.1) is 11.2 Å². The number of aromatic carboxylic acids is 1. The van der Waals surface area contributed by atoms with E-state index in [4.69, 9.17) is 9.63 Å². The van der Waals surface area contributed by atoms with E-state index >= 15 is 0 Å². The lowest BCUT2D eigenvalue weighted by atomic mass is 9.81. The highest BCUT2D eigenvalue weighted by Gasteiger charge is 2.32. The molecule has 1 atom stereocenters. The molecule has 1 aliphatic rings. The number of halogens is 1. The van der Waals surface area contributed by atoms with Crippen molar-refractivity contribution in [2.75, 3.05) is 0 Å². The molecular formula is C22H17FN2O4. The van der Waals surface area contributed by atoms with Crippen LogP contribution >= 0.6 is 0 Å². The highest BCUT2D eigenvalue weighted by atomic mass is 19.1. The number of carbonyl (C=O) groups is 1. The fourth-order valence-electron chi connectivity index (χ4n) is 3.36. The van der Waals surface area contributed by atoms with Crippen molar-refractivity contribution in [2.45, 2.75) is 18.9 Å². The summed E-state index contributed by atoms with van der Waals surface area (Å²) in [6, 6.07) is 13.2. The van der Waals surface area contributed by atoms with Gasteiger partial charge in [-0.2, -0.15) is 4.98 Å². The van der Waals surface area contributed by atoms with E-state index in [9.17, 15) is 14.3 Å². The molecule has 0 aliphatic heterocycles. The molecule has 2 N–H and O–H groups in total. The third kappa shape index (κ3) is 3.60. The Morgan fingerprint density at radius 3 is 2.55 bits per heavy atom. The summed E-state index contributed by atoms with van der Waals surface area (Å²) in [7, 11) is 0. The van der Waals surface area contributed by atoms with Crippen LogP contribution in [0.25, 0.3) is 22.5 Å². The second-order valence-corrected chi connectivity index (χ2v) is 7.01. The second kappa shape index (κ2) is 7.10. The molecule has 0 saturated carbocycles. The van der Waals surface area contributed by atoms with Crippen LogP contribution < -0.4 is 0 Å². The van der Waals surface area contributed by atoms with E-state index < -0.39 is 23.0 Å². The molecule has 1 aliphatic carbocycles. The predicted molar refractivity (Wildman–Crippen MR) is 104 cm³/mol. The normalized spacial score (nSPS) is 18.9. The Balaban J connectivity index is 1.65. The first-order chi connectivity index (χ1) is 13.8. The summed E-state index contributed by atoms with van der Waals surface area (Å²) in [5.74, 6) is -1.88. The van der Waals surface area contributed by atoms with E-state index in [1.54, 1.807) is 6.92 Å². The summed E-state index contributed by atoms with van der Waals surface area (Å²) in [5, 5.41) is 23.7. The van der Waals surface area contributed by atoms with Gasteiger partial charge in [0.25, 0.3) is 5.89 Å². The number of aliphatic hydroxyl groups is 1. The van der Waals surface area contributed by atoms with E-state index in [2.05, 4.69) is 10.1 Å². The summed E-state index contributed by atoms with van der Waals surface area (Å²) >= 11 is 0. The molecule has 29 heavy (non-hydrogen) atoms. The summed E-state index contributed by atoms with van der Waals surface area (Å²) < 4.78 is 19.2. The average molecular weight is 392 g/mol. The van der Waals surface area contributed by atoms with Gasteiger partial charge in [0.15, 0.2) is 0 Å². The van der Waals surface area contributed by atoms with Crippen LogP contribution in [0.15, 0.2) is 65.2 Å².